The van der Waals surface area contributed by atoms with Crippen molar-refractivity contribution in [2.45, 2.75) is 32.4 Å². The first-order valence-corrected chi connectivity index (χ1v) is 9.98. The fraction of sp³-hybridized carbons (Fsp3) is 0.227. The molecule has 2 aromatic heterocycles. The van der Waals surface area contributed by atoms with E-state index >= 15 is 0 Å². The van der Waals surface area contributed by atoms with Crippen molar-refractivity contribution in [2.24, 2.45) is 0 Å². The maximum absolute atomic E-state index is 14.0. The number of halogens is 1. The molecule has 5 rings (SSSR count). The van der Waals surface area contributed by atoms with Crippen molar-refractivity contribution >= 4 is 16.9 Å². The number of phenolic OH excluding ortho intramolecular Hbond substituents is 1. The molecule has 1 aliphatic heterocycles. The van der Waals surface area contributed by atoms with Crippen LogP contribution in [0.3, 0.4) is 0 Å². The molecule has 5 N–H and O–H groups in total. The highest BCUT2D eigenvalue weighted by Crippen LogP contribution is 2.33. The molecule has 0 saturated heterocycles. The van der Waals surface area contributed by atoms with Crippen LogP contribution < -0.4 is 5.32 Å². The zero-order valence-electron chi connectivity index (χ0n) is 16.7. The van der Waals surface area contributed by atoms with Crippen LogP contribution in [-0.4, -0.2) is 42.4 Å². The number of aryl methyl sites for hydroxylation is 1. The SMILES string of the molecule is CCc1cc(O)c(F)cc1-c1ccc2c(-c3nc4c([nH]3)CNC(C(=O)O)C4)n[nH]c2c1. The lowest BCUT2D eigenvalue weighted by molar-refractivity contribution is -0.139. The summed E-state index contributed by atoms with van der Waals surface area (Å²) in [7, 11) is 0. The van der Waals surface area contributed by atoms with Gasteiger partial charge in [-0.05, 0) is 47.4 Å². The Labute approximate surface area is 176 Å². The summed E-state index contributed by atoms with van der Waals surface area (Å²) >= 11 is 0. The number of carboxylic acid groups (broad SMARTS) is 1. The molecule has 3 heterocycles. The predicted molar refractivity (Wildman–Crippen MR) is 112 cm³/mol. The lowest BCUT2D eigenvalue weighted by atomic mass is 9.96. The van der Waals surface area contributed by atoms with Crippen LogP contribution in [0, 0.1) is 5.82 Å². The van der Waals surface area contributed by atoms with Crippen LogP contribution in [0.15, 0.2) is 30.3 Å². The second-order valence-corrected chi connectivity index (χ2v) is 7.63. The molecule has 0 aliphatic carbocycles. The standard InChI is InChI=1S/C22H20FN5O3/c1-2-10-6-19(29)14(23)7-13(10)11-3-4-12-15(5-11)27-28-20(12)21-25-16-8-17(22(30)31)24-9-18(16)26-21/h3-7,17,24,29H,2,8-9H2,1H3,(H,25,26)(H,27,28)(H,30,31). The molecule has 0 bridgehead atoms. The molecule has 0 saturated carbocycles. The van der Waals surface area contributed by atoms with Crippen LogP contribution in [0.2, 0.25) is 0 Å². The average molecular weight is 421 g/mol. The van der Waals surface area contributed by atoms with Gasteiger partial charge in [0, 0.05) is 18.4 Å². The summed E-state index contributed by atoms with van der Waals surface area (Å²) in [5, 5.41) is 30.1. The Morgan fingerprint density at radius 2 is 2.13 bits per heavy atom. The van der Waals surface area contributed by atoms with Crippen molar-refractivity contribution < 1.29 is 19.4 Å². The smallest absolute Gasteiger partial charge is 0.321 e. The van der Waals surface area contributed by atoms with E-state index in [1.807, 2.05) is 25.1 Å². The van der Waals surface area contributed by atoms with Gasteiger partial charge < -0.3 is 15.2 Å². The first kappa shape index (κ1) is 19.3. The Bertz CT molecular complexity index is 1330. The highest BCUT2D eigenvalue weighted by molar-refractivity contribution is 5.94. The quantitative estimate of drug-likeness (QED) is 0.345. The number of nitrogens with one attached hydrogen (secondary N) is 3. The largest absolute Gasteiger partial charge is 0.505 e. The normalized spacial score (nSPS) is 15.9. The zero-order valence-corrected chi connectivity index (χ0v) is 16.7. The van der Waals surface area contributed by atoms with E-state index in [0.717, 1.165) is 39.0 Å². The fourth-order valence-corrected chi connectivity index (χ4v) is 4.07. The van der Waals surface area contributed by atoms with Crippen LogP contribution in [0.4, 0.5) is 4.39 Å². The molecule has 9 heteroatoms. The van der Waals surface area contributed by atoms with E-state index in [0.29, 0.717) is 30.9 Å². The summed E-state index contributed by atoms with van der Waals surface area (Å²) in [4.78, 5) is 19.1. The van der Waals surface area contributed by atoms with Crippen molar-refractivity contribution in [3.8, 4) is 28.4 Å². The second-order valence-electron chi connectivity index (χ2n) is 7.63. The van der Waals surface area contributed by atoms with Gasteiger partial charge in [0.2, 0.25) is 0 Å². The molecule has 31 heavy (non-hydrogen) atoms. The number of H-pyrrole nitrogens is 2. The summed E-state index contributed by atoms with van der Waals surface area (Å²) in [5.74, 6) is -1.34. The van der Waals surface area contributed by atoms with Gasteiger partial charge in [0.15, 0.2) is 17.4 Å². The Morgan fingerprint density at radius 3 is 2.90 bits per heavy atom. The number of fused-ring (bicyclic) bond motifs is 2. The third-order valence-corrected chi connectivity index (χ3v) is 5.74. The van der Waals surface area contributed by atoms with Gasteiger partial charge in [0.25, 0.3) is 0 Å². The number of carboxylic acids is 1. The van der Waals surface area contributed by atoms with E-state index in [1.165, 1.54) is 12.1 Å². The Morgan fingerprint density at radius 1 is 1.29 bits per heavy atom. The van der Waals surface area contributed by atoms with Gasteiger partial charge in [0.1, 0.15) is 11.7 Å². The van der Waals surface area contributed by atoms with Gasteiger partial charge in [-0.15, -0.1) is 0 Å². The molecule has 0 amide bonds. The van der Waals surface area contributed by atoms with Gasteiger partial charge >= 0.3 is 5.97 Å². The van der Waals surface area contributed by atoms with Crippen LogP contribution >= 0.6 is 0 Å². The summed E-state index contributed by atoms with van der Waals surface area (Å²) in [6.45, 7) is 2.35. The number of rotatable bonds is 4. The van der Waals surface area contributed by atoms with E-state index < -0.39 is 17.8 Å². The molecule has 158 valence electrons. The maximum atomic E-state index is 14.0. The molecule has 1 unspecified atom stereocenters. The molecule has 0 fully saturated rings. The highest BCUT2D eigenvalue weighted by Gasteiger charge is 2.27. The Balaban J connectivity index is 1.53. The van der Waals surface area contributed by atoms with Crippen molar-refractivity contribution in [3.63, 3.8) is 0 Å². The second kappa shape index (κ2) is 7.21. The van der Waals surface area contributed by atoms with Crippen molar-refractivity contribution in [3.05, 3.63) is 53.1 Å². The number of hydrogen-bond donors (Lipinski definition) is 5. The minimum absolute atomic E-state index is 0.305. The number of aromatic amines is 2. The molecular formula is C22H20FN5O3. The van der Waals surface area contributed by atoms with Gasteiger partial charge in [-0.1, -0.05) is 13.0 Å². The lowest BCUT2D eigenvalue weighted by Crippen LogP contribution is -2.41. The Kier molecular flexibility index (Phi) is 4.48. The van der Waals surface area contributed by atoms with E-state index in [-0.39, 0.29) is 5.75 Å². The molecule has 1 atom stereocenters. The number of benzene rings is 2. The topological polar surface area (TPSA) is 127 Å². The van der Waals surface area contributed by atoms with Crippen molar-refractivity contribution in [1.29, 1.82) is 0 Å². The Hall–Kier alpha value is -3.72. The van der Waals surface area contributed by atoms with Crippen molar-refractivity contribution in [1.82, 2.24) is 25.5 Å². The monoisotopic (exact) mass is 421 g/mol. The number of nitrogens with zero attached hydrogens (tertiary/aromatic N) is 2. The maximum Gasteiger partial charge on any atom is 0.321 e. The first-order chi connectivity index (χ1) is 14.9. The summed E-state index contributed by atoms with van der Waals surface area (Å²) in [5.41, 5.74) is 5.35. The lowest BCUT2D eigenvalue weighted by Gasteiger charge is -2.18. The first-order valence-electron chi connectivity index (χ1n) is 9.98. The van der Waals surface area contributed by atoms with Crippen LogP contribution in [0.5, 0.6) is 5.75 Å². The molecule has 4 aromatic rings. The molecule has 1 aliphatic rings. The number of phenols is 1. The number of carbonyl (C=O) groups is 1. The number of aromatic hydroxyl groups is 1. The minimum Gasteiger partial charge on any atom is -0.505 e. The molecule has 8 nitrogen and oxygen atoms in total. The fourth-order valence-electron chi connectivity index (χ4n) is 4.07. The van der Waals surface area contributed by atoms with Gasteiger partial charge in [-0.2, -0.15) is 5.10 Å². The molecule has 0 radical (unpaired) electrons. The third kappa shape index (κ3) is 3.23. The predicted octanol–water partition coefficient (Wildman–Crippen LogP) is 3.13. The summed E-state index contributed by atoms with van der Waals surface area (Å²) in [6, 6.07) is 7.82. The third-order valence-electron chi connectivity index (χ3n) is 5.74. The van der Waals surface area contributed by atoms with Crippen molar-refractivity contribution in [2.75, 3.05) is 0 Å². The number of aromatic nitrogens is 4. The van der Waals surface area contributed by atoms with Gasteiger partial charge in [-0.3, -0.25) is 15.2 Å². The van der Waals surface area contributed by atoms with Crippen LogP contribution in [-0.2, 0) is 24.2 Å². The van der Waals surface area contributed by atoms with E-state index in [9.17, 15) is 19.4 Å². The van der Waals surface area contributed by atoms with Crippen LogP contribution in [0.1, 0.15) is 23.9 Å². The van der Waals surface area contributed by atoms with E-state index in [4.69, 9.17) is 0 Å². The average Bonchev–Trinajstić information content (AvgIpc) is 3.37. The number of aliphatic carboxylic acids is 1. The van der Waals surface area contributed by atoms with E-state index in [1.54, 1.807) is 0 Å². The molecule has 0 spiro atoms. The summed E-state index contributed by atoms with van der Waals surface area (Å²) in [6.07, 6.45) is 0.957. The minimum atomic E-state index is -0.898. The highest BCUT2D eigenvalue weighted by atomic mass is 19.1. The number of imidazole rings is 1. The van der Waals surface area contributed by atoms with E-state index in [2.05, 4.69) is 25.5 Å². The van der Waals surface area contributed by atoms with Gasteiger partial charge in [0.05, 0.1) is 16.9 Å². The molecule has 2 aromatic carbocycles. The zero-order chi connectivity index (χ0) is 21.7. The van der Waals surface area contributed by atoms with Gasteiger partial charge in [-0.25, -0.2) is 9.37 Å². The molecular weight excluding hydrogens is 401 g/mol. The van der Waals surface area contributed by atoms with Crippen LogP contribution in [0.25, 0.3) is 33.5 Å². The number of hydrogen-bond acceptors (Lipinski definition) is 5. The summed E-state index contributed by atoms with van der Waals surface area (Å²) < 4.78 is 14.0.